The van der Waals surface area contributed by atoms with Crippen molar-refractivity contribution in [2.45, 2.75) is 12.8 Å². The highest BCUT2D eigenvalue weighted by atomic mass is 16.5. The van der Waals surface area contributed by atoms with Gasteiger partial charge in [0.05, 0.1) is 6.07 Å². The second kappa shape index (κ2) is 6.11. The lowest BCUT2D eigenvalue weighted by Gasteiger charge is -2.22. The van der Waals surface area contributed by atoms with Gasteiger partial charge < -0.3 is 4.74 Å². The molecule has 1 aromatic rings. The van der Waals surface area contributed by atoms with Crippen molar-refractivity contribution < 1.29 is 9.53 Å². The first kappa shape index (κ1) is 14.6. The third-order valence-electron chi connectivity index (χ3n) is 3.60. The Morgan fingerprint density at radius 1 is 1.52 bits per heavy atom. The molecule has 0 spiro atoms. The lowest BCUT2D eigenvalue weighted by Crippen LogP contribution is -2.33. The van der Waals surface area contributed by atoms with Crippen LogP contribution < -0.4 is 0 Å². The molecule has 1 unspecified atom stereocenters. The van der Waals surface area contributed by atoms with E-state index in [1.165, 1.54) is 0 Å². The summed E-state index contributed by atoms with van der Waals surface area (Å²) in [5, 5.41) is 9.56. The summed E-state index contributed by atoms with van der Waals surface area (Å²) < 4.78 is 5.01. The van der Waals surface area contributed by atoms with Crippen LogP contribution in [0.1, 0.15) is 17.5 Å². The summed E-state index contributed by atoms with van der Waals surface area (Å²) in [7, 11) is 0. The Labute approximate surface area is 124 Å². The molecule has 1 aromatic carbocycles. The number of hydrogen-bond donors (Lipinski definition) is 0. The second-order valence-corrected chi connectivity index (χ2v) is 4.88. The molecule has 0 saturated heterocycles. The lowest BCUT2D eigenvalue weighted by molar-refractivity contribution is -0.150. The van der Waals surface area contributed by atoms with Crippen LogP contribution in [0, 0.1) is 29.1 Å². The molecular formula is C18H15NO2. The first-order valence-electron chi connectivity index (χ1n) is 6.59. The third-order valence-corrected chi connectivity index (χ3v) is 3.60. The van der Waals surface area contributed by atoms with Crippen LogP contribution >= 0.6 is 0 Å². The molecule has 0 N–H and O–H groups in total. The number of carbonyl (C=O) groups is 1. The van der Waals surface area contributed by atoms with Crippen molar-refractivity contribution >= 4 is 11.5 Å². The van der Waals surface area contributed by atoms with E-state index in [1.54, 1.807) is 6.08 Å². The number of esters is 1. The number of ether oxygens (including phenoxy) is 1. The fraction of sp³-hybridized carbons (Fsp3) is 0.222. The van der Waals surface area contributed by atoms with Gasteiger partial charge in [-0.05, 0) is 23.1 Å². The maximum atomic E-state index is 12.3. The number of fused-ring (bicyclic) bond motifs is 1. The number of carbonyl (C=O) groups excluding carboxylic acids is 1. The summed E-state index contributed by atoms with van der Waals surface area (Å²) in [5.41, 5.74) is 1.61. The quantitative estimate of drug-likeness (QED) is 0.630. The highest BCUT2D eigenvalue weighted by molar-refractivity contribution is 5.84. The zero-order chi connectivity index (χ0) is 15.3. The van der Waals surface area contributed by atoms with Crippen molar-refractivity contribution in [3.8, 4) is 18.4 Å². The average Bonchev–Trinajstić information content (AvgIpc) is 2.69. The number of rotatable bonds is 3. The summed E-state index contributed by atoms with van der Waals surface area (Å²) in [6.07, 6.45) is 9.29. The van der Waals surface area contributed by atoms with E-state index in [0.29, 0.717) is 6.42 Å². The van der Waals surface area contributed by atoms with Gasteiger partial charge in [0.2, 0.25) is 0 Å². The van der Waals surface area contributed by atoms with Crippen LogP contribution in [0.4, 0.5) is 0 Å². The van der Waals surface area contributed by atoms with Crippen LogP contribution in [0.3, 0.4) is 0 Å². The van der Waals surface area contributed by atoms with Crippen molar-refractivity contribution in [3.05, 3.63) is 54.1 Å². The molecule has 0 fully saturated rings. The molecule has 0 amide bonds. The molecule has 2 rings (SSSR count). The van der Waals surface area contributed by atoms with Gasteiger partial charge in [-0.25, -0.2) is 0 Å². The van der Waals surface area contributed by atoms with Gasteiger partial charge in [-0.3, -0.25) is 4.79 Å². The van der Waals surface area contributed by atoms with E-state index in [1.807, 2.05) is 30.3 Å². The summed E-state index contributed by atoms with van der Waals surface area (Å²) in [6.45, 7) is 3.68. The van der Waals surface area contributed by atoms with Crippen LogP contribution in [0.2, 0.25) is 0 Å². The number of hydrogen-bond acceptors (Lipinski definition) is 3. The van der Waals surface area contributed by atoms with E-state index in [0.717, 1.165) is 16.7 Å². The maximum Gasteiger partial charge on any atom is 0.328 e. The summed E-state index contributed by atoms with van der Waals surface area (Å²) >= 11 is 0. The molecule has 0 radical (unpaired) electrons. The first-order valence-corrected chi connectivity index (χ1v) is 6.59. The predicted molar refractivity (Wildman–Crippen MR) is 80.8 cm³/mol. The van der Waals surface area contributed by atoms with Gasteiger partial charge in [0, 0.05) is 6.42 Å². The van der Waals surface area contributed by atoms with Crippen molar-refractivity contribution in [1.82, 2.24) is 0 Å². The van der Waals surface area contributed by atoms with E-state index < -0.39 is 11.4 Å². The van der Waals surface area contributed by atoms with Crippen molar-refractivity contribution in [2.75, 3.05) is 6.61 Å². The smallest absolute Gasteiger partial charge is 0.328 e. The molecule has 104 valence electrons. The molecule has 1 aliphatic rings. The third kappa shape index (κ3) is 2.73. The summed E-state index contributed by atoms with van der Waals surface area (Å²) in [6, 6.07) is 9.82. The molecule has 3 nitrogen and oxygen atoms in total. The number of allylic oxidation sites excluding steroid dienone is 3. The predicted octanol–water partition coefficient (Wildman–Crippen LogP) is 2.89. The highest BCUT2D eigenvalue weighted by Gasteiger charge is 2.41. The molecule has 0 bridgehead atoms. The molecular weight excluding hydrogens is 262 g/mol. The Morgan fingerprint density at radius 3 is 2.95 bits per heavy atom. The zero-order valence-electron chi connectivity index (χ0n) is 11.6. The Balaban J connectivity index is 2.47. The van der Waals surface area contributed by atoms with E-state index in [-0.39, 0.29) is 13.0 Å². The monoisotopic (exact) mass is 277 g/mol. The molecule has 0 aromatic heterocycles. The van der Waals surface area contributed by atoms with Crippen molar-refractivity contribution in [2.24, 2.45) is 5.41 Å². The second-order valence-electron chi connectivity index (χ2n) is 4.88. The standard InChI is InChI=1S/C18H15NO2/c1-3-11-21-17(20)18(13-19)10-9-14(4-2)16-8-6-5-7-15(16)12-18/h1,4-9H,2,10-12H2. The number of terminal acetylenes is 1. The van der Waals surface area contributed by atoms with Gasteiger partial charge >= 0.3 is 5.97 Å². The van der Waals surface area contributed by atoms with Gasteiger partial charge in [-0.2, -0.15) is 5.26 Å². The average molecular weight is 277 g/mol. The maximum absolute atomic E-state index is 12.3. The van der Waals surface area contributed by atoms with Gasteiger partial charge in [0.15, 0.2) is 12.0 Å². The minimum atomic E-state index is -1.24. The Morgan fingerprint density at radius 2 is 2.29 bits per heavy atom. The lowest BCUT2D eigenvalue weighted by atomic mass is 9.80. The van der Waals surface area contributed by atoms with E-state index in [4.69, 9.17) is 11.2 Å². The van der Waals surface area contributed by atoms with Gasteiger partial charge in [0.1, 0.15) is 0 Å². The van der Waals surface area contributed by atoms with Crippen molar-refractivity contribution in [3.63, 3.8) is 0 Å². The number of benzene rings is 1. The van der Waals surface area contributed by atoms with E-state index in [9.17, 15) is 10.1 Å². The SMILES string of the molecule is C#CCOC(=O)C1(C#N)CC=C(C=C)c2ccccc2C1. The molecule has 21 heavy (non-hydrogen) atoms. The minimum Gasteiger partial charge on any atom is -0.451 e. The molecule has 1 atom stereocenters. The molecule has 0 aliphatic heterocycles. The normalized spacial score (nSPS) is 20.0. The van der Waals surface area contributed by atoms with E-state index >= 15 is 0 Å². The number of nitrogens with zero attached hydrogens (tertiary/aromatic N) is 1. The minimum absolute atomic E-state index is 0.123. The summed E-state index contributed by atoms with van der Waals surface area (Å²) in [5.74, 6) is 1.68. The molecule has 0 saturated carbocycles. The van der Waals surface area contributed by atoms with Crippen molar-refractivity contribution in [1.29, 1.82) is 5.26 Å². The van der Waals surface area contributed by atoms with Crippen LogP contribution in [-0.4, -0.2) is 12.6 Å². The van der Waals surface area contributed by atoms with E-state index in [2.05, 4.69) is 18.6 Å². The zero-order valence-corrected chi connectivity index (χ0v) is 11.6. The Kier molecular flexibility index (Phi) is 4.26. The first-order chi connectivity index (χ1) is 10.2. The van der Waals surface area contributed by atoms with Crippen LogP contribution in [0.5, 0.6) is 0 Å². The fourth-order valence-electron chi connectivity index (χ4n) is 2.47. The van der Waals surface area contributed by atoms with Gasteiger partial charge in [-0.1, -0.05) is 48.9 Å². The molecule has 1 aliphatic carbocycles. The van der Waals surface area contributed by atoms with Crippen LogP contribution in [0.25, 0.3) is 5.57 Å². The number of nitriles is 1. The molecule has 0 heterocycles. The van der Waals surface area contributed by atoms with Gasteiger partial charge in [-0.15, -0.1) is 6.42 Å². The Hall–Kier alpha value is -2.78. The Bertz CT molecular complexity index is 688. The van der Waals surface area contributed by atoms with Crippen LogP contribution in [0.15, 0.2) is 43.0 Å². The summed E-state index contributed by atoms with van der Waals surface area (Å²) in [4.78, 5) is 12.3. The highest BCUT2D eigenvalue weighted by Crippen LogP contribution is 2.37. The molecule has 3 heteroatoms. The van der Waals surface area contributed by atoms with Gasteiger partial charge in [0.25, 0.3) is 0 Å². The largest absolute Gasteiger partial charge is 0.451 e. The van der Waals surface area contributed by atoms with Crippen LogP contribution in [-0.2, 0) is 16.0 Å². The topological polar surface area (TPSA) is 50.1 Å². The fourth-order valence-corrected chi connectivity index (χ4v) is 2.47.